The third-order valence-corrected chi connectivity index (χ3v) is 4.42. The minimum atomic E-state index is -0.144. The first-order chi connectivity index (χ1) is 12.6. The number of methoxy groups -OCH3 is 2. The van der Waals surface area contributed by atoms with Crippen molar-refractivity contribution in [2.75, 3.05) is 60.2 Å². The highest BCUT2D eigenvalue weighted by Gasteiger charge is 2.24. The first-order valence-electron chi connectivity index (χ1n) is 8.54. The van der Waals surface area contributed by atoms with Gasteiger partial charge in [0.05, 0.1) is 25.9 Å². The van der Waals surface area contributed by atoms with Crippen LogP contribution in [-0.4, -0.2) is 81.8 Å². The topological polar surface area (TPSA) is 68.3 Å². The van der Waals surface area contributed by atoms with Crippen LogP contribution in [0.4, 0.5) is 0 Å². The second-order valence-electron chi connectivity index (χ2n) is 5.92. The Bertz CT molecular complexity index is 626. The Kier molecular flexibility index (Phi) is 8.15. The second kappa shape index (κ2) is 10.4. The first kappa shape index (κ1) is 20.5. The van der Waals surface area contributed by atoms with E-state index >= 15 is 0 Å². The standard InChI is InChI=1S/C18H25ClN2O5/c1-24-10-11-26-13-17(22)20-6-3-7-21(9-8-20)18(23)15-12-14(19)4-5-16(15)25-2/h4-5,12H,3,6-11,13H2,1-2H3. The number of rotatable bonds is 7. The minimum Gasteiger partial charge on any atom is -0.496 e. The first-order valence-corrected chi connectivity index (χ1v) is 8.92. The van der Waals surface area contributed by atoms with Crippen LogP contribution in [0.15, 0.2) is 18.2 Å². The van der Waals surface area contributed by atoms with Crippen LogP contribution in [0.3, 0.4) is 0 Å². The summed E-state index contributed by atoms with van der Waals surface area (Å²) in [5.41, 5.74) is 0.433. The van der Waals surface area contributed by atoms with Gasteiger partial charge in [-0.1, -0.05) is 11.6 Å². The number of ether oxygens (including phenoxy) is 3. The molecule has 1 aliphatic heterocycles. The summed E-state index contributed by atoms with van der Waals surface area (Å²) >= 11 is 6.02. The average Bonchev–Trinajstić information content (AvgIpc) is 2.90. The van der Waals surface area contributed by atoms with E-state index in [9.17, 15) is 9.59 Å². The van der Waals surface area contributed by atoms with Crippen LogP contribution in [0.5, 0.6) is 5.75 Å². The number of nitrogens with zero attached hydrogens (tertiary/aromatic N) is 2. The van der Waals surface area contributed by atoms with Crippen molar-refractivity contribution in [1.82, 2.24) is 9.80 Å². The monoisotopic (exact) mass is 384 g/mol. The van der Waals surface area contributed by atoms with Gasteiger partial charge in [-0.3, -0.25) is 9.59 Å². The second-order valence-corrected chi connectivity index (χ2v) is 6.35. The van der Waals surface area contributed by atoms with Gasteiger partial charge >= 0.3 is 0 Å². The quantitative estimate of drug-likeness (QED) is 0.669. The Balaban J connectivity index is 1.94. The molecule has 7 nitrogen and oxygen atoms in total. The van der Waals surface area contributed by atoms with Crippen LogP contribution >= 0.6 is 11.6 Å². The van der Waals surface area contributed by atoms with Crippen LogP contribution < -0.4 is 4.74 Å². The van der Waals surface area contributed by atoms with Crippen molar-refractivity contribution in [3.63, 3.8) is 0 Å². The van der Waals surface area contributed by atoms with Crippen molar-refractivity contribution >= 4 is 23.4 Å². The molecule has 1 aliphatic rings. The number of benzene rings is 1. The summed E-state index contributed by atoms with van der Waals surface area (Å²) in [4.78, 5) is 28.5. The molecule has 2 rings (SSSR count). The summed E-state index contributed by atoms with van der Waals surface area (Å²) in [6.07, 6.45) is 0.707. The van der Waals surface area contributed by atoms with Crippen LogP contribution in [0.25, 0.3) is 0 Å². The van der Waals surface area contributed by atoms with E-state index in [1.807, 2.05) is 0 Å². The molecule has 1 aromatic carbocycles. The van der Waals surface area contributed by atoms with Crippen molar-refractivity contribution in [2.24, 2.45) is 0 Å². The molecule has 0 bridgehead atoms. The number of hydrogen-bond acceptors (Lipinski definition) is 5. The van der Waals surface area contributed by atoms with Gasteiger partial charge in [0.15, 0.2) is 0 Å². The van der Waals surface area contributed by atoms with E-state index in [4.69, 9.17) is 25.8 Å². The van der Waals surface area contributed by atoms with Crippen LogP contribution in [0.2, 0.25) is 5.02 Å². The molecular formula is C18H25ClN2O5. The van der Waals surface area contributed by atoms with E-state index in [1.54, 1.807) is 35.1 Å². The van der Waals surface area contributed by atoms with Gasteiger partial charge in [0.25, 0.3) is 5.91 Å². The van der Waals surface area contributed by atoms with Gasteiger partial charge in [-0.25, -0.2) is 0 Å². The fraction of sp³-hybridized carbons (Fsp3) is 0.556. The lowest BCUT2D eigenvalue weighted by atomic mass is 10.1. The Morgan fingerprint density at radius 1 is 1.08 bits per heavy atom. The SMILES string of the molecule is COCCOCC(=O)N1CCCN(C(=O)c2cc(Cl)ccc2OC)CC1. The molecule has 2 amide bonds. The molecule has 1 aromatic rings. The van der Waals surface area contributed by atoms with Crippen LogP contribution in [-0.2, 0) is 14.3 Å². The Hall–Kier alpha value is -1.83. The molecular weight excluding hydrogens is 360 g/mol. The van der Waals surface area contributed by atoms with Crippen LogP contribution in [0, 0.1) is 0 Å². The lowest BCUT2D eigenvalue weighted by Crippen LogP contribution is -2.39. The molecule has 0 N–H and O–H groups in total. The molecule has 1 saturated heterocycles. The average molecular weight is 385 g/mol. The largest absolute Gasteiger partial charge is 0.496 e. The van der Waals surface area contributed by atoms with E-state index in [0.29, 0.717) is 62.1 Å². The predicted molar refractivity (Wildman–Crippen MR) is 97.8 cm³/mol. The lowest BCUT2D eigenvalue weighted by molar-refractivity contribution is -0.136. The van der Waals surface area contributed by atoms with Gasteiger partial charge in [-0.05, 0) is 24.6 Å². The molecule has 0 saturated carbocycles. The van der Waals surface area contributed by atoms with Gasteiger partial charge in [0.1, 0.15) is 12.4 Å². The number of hydrogen-bond donors (Lipinski definition) is 0. The molecule has 0 radical (unpaired) electrons. The van der Waals surface area contributed by atoms with E-state index in [0.717, 1.165) is 0 Å². The maximum Gasteiger partial charge on any atom is 0.257 e. The molecule has 0 atom stereocenters. The molecule has 8 heteroatoms. The number of amides is 2. The normalized spacial score (nSPS) is 14.9. The molecule has 144 valence electrons. The highest BCUT2D eigenvalue weighted by molar-refractivity contribution is 6.31. The zero-order valence-electron chi connectivity index (χ0n) is 15.2. The van der Waals surface area contributed by atoms with Gasteiger partial charge in [0.2, 0.25) is 5.91 Å². The van der Waals surface area contributed by atoms with Gasteiger partial charge in [0, 0.05) is 38.3 Å². The summed E-state index contributed by atoms with van der Waals surface area (Å²) in [6.45, 7) is 2.97. The van der Waals surface area contributed by atoms with Crippen molar-refractivity contribution in [2.45, 2.75) is 6.42 Å². The van der Waals surface area contributed by atoms with Crippen molar-refractivity contribution in [3.8, 4) is 5.75 Å². The minimum absolute atomic E-state index is 0.0272. The molecule has 26 heavy (non-hydrogen) atoms. The number of halogens is 1. The summed E-state index contributed by atoms with van der Waals surface area (Å²) in [7, 11) is 3.10. The van der Waals surface area contributed by atoms with E-state index in [2.05, 4.69) is 0 Å². The number of carbonyl (C=O) groups is 2. The van der Waals surface area contributed by atoms with E-state index in [-0.39, 0.29) is 18.4 Å². The zero-order chi connectivity index (χ0) is 18.9. The predicted octanol–water partition coefficient (Wildman–Crippen LogP) is 1.69. The summed E-state index contributed by atoms with van der Waals surface area (Å²) in [5, 5.41) is 0.481. The fourth-order valence-electron chi connectivity index (χ4n) is 2.78. The summed E-state index contributed by atoms with van der Waals surface area (Å²) in [6, 6.07) is 4.98. The molecule has 0 spiro atoms. The van der Waals surface area contributed by atoms with E-state index in [1.165, 1.54) is 7.11 Å². The maximum atomic E-state index is 12.9. The van der Waals surface area contributed by atoms with Crippen molar-refractivity contribution in [1.29, 1.82) is 0 Å². The summed E-state index contributed by atoms with van der Waals surface area (Å²) < 4.78 is 15.4. The Morgan fingerprint density at radius 3 is 2.54 bits per heavy atom. The molecule has 0 unspecified atom stereocenters. The highest BCUT2D eigenvalue weighted by atomic mass is 35.5. The number of carbonyl (C=O) groups excluding carboxylic acids is 2. The highest BCUT2D eigenvalue weighted by Crippen LogP contribution is 2.24. The van der Waals surface area contributed by atoms with Gasteiger partial charge in [-0.15, -0.1) is 0 Å². The molecule has 1 heterocycles. The third-order valence-electron chi connectivity index (χ3n) is 4.19. The molecule has 0 aromatic heterocycles. The molecule has 1 fully saturated rings. The Morgan fingerprint density at radius 2 is 1.81 bits per heavy atom. The Labute approximate surface area is 158 Å². The summed E-state index contributed by atoms with van der Waals surface area (Å²) in [5.74, 6) is 0.272. The smallest absolute Gasteiger partial charge is 0.257 e. The van der Waals surface area contributed by atoms with Crippen LogP contribution in [0.1, 0.15) is 16.8 Å². The van der Waals surface area contributed by atoms with Gasteiger partial charge < -0.3 is 24.0 Å². The lowest BCUT2D eigenvalue weighted by Gasteiger charge is -2.23. The maximum absolute atomic E-state index is 12.9. The fourth-order valence-corrected chi connectivity index (χ4v) is 2.95. The van der Waals surface area contributed by atoms with E-state index < -0.39 is 0 Å². The molecule has 0 aliphatic carbocycles. The third kappa shape index (κ3) is 5.59. The van der Waals surface area contributed by atoms with Crippen molar-refractivity contribution in [3.05, 3.63) is 28.8 Å². The van der Waals surface area contributed by atoms with Crippen molar-refractivity contribution < 1.29 is 23.8 Å². The zero-order valence-corrected chi connectivity index (χ0v) is 16.0. The van der Waals surface area contributed by atoms with Gasteiger partial charge in [-0.2, -0.15) is 0 Å².